The Bertz CT molecular complexity index is 631. The van der Waals surface area contributed by atoms with Crippen LogP contribution in [0.2, 0.25) is 5.02 Å². The fraction of sp³-hybridized carbons (Fsp3) is 0.133. The highest BCUT2D eigenvalue weighted by Gasteiger charge is 2.04. The largest absolute Gasteiger partial charge is 0.478 e. The van der Waals surface area contributed by atoms with Crippen LogP contribution in [-0.2, 0) is 13.1 Å². The van der Waals surface area contributed by atoms with Gasteiger partial charge in [-0.25, -0.2) is 9.18 Å². The molecule has 2 N–H and O–H groups in total. The molecule has 2 aromatic rings. The lowest BCUT2D eigenvalue weighted by Crippen LogP contribution is -2.13. The van der Waals surface area contributed by atoms with Crippen LogP contribution in [0.3, 0.4) is 0 Å². The first-order valence-electron chi connectivity index (χ1n) is 6.03. The Morgan fingerprint density at radius 1 is 1.15 bits per heavy atom. The Balaban J connectivity index is 1.94. The summed E-state index contributed by atoms with van der Waals surface area (Å²) in [4.78, 5) is 10.8. The van der Waals surface area contributed by atoms with E-state index in [-0.39, 0.29) is 10.6 Å². The lowest BCUT2D eigenvalue weighted by Gasteiger charge is -2.06. The molecule has 3 nitrogen and oxygen atoms in total. The molecular weight excluding hydrogens is 281 g/mol. The molecule has 2 rings (SSSR count). The van der Waals surface area contributed by atoms with Crippen LogP contribution in [-0.4, -0.2) is 11.1 Å². The number of halogens is 2. The molecule has 0 aromatic heterocycles. The summed E-state index contributed by atoms with van der Waals surface area (Å²) in [5, 5.41) is 12.2. The normalized spacial score (nSPS) is 10.5. The third-order valence-corrected chi connectivity index (χ3v) is 3.11. The first-order valence-corrected chi connectivity index (χ1v) is 6.41. The molecule has 0 saturated carbocycles. The summed E-state index contributed by atoms with van der Waals surface area (Å²) in [5.74, 6) is -1.39. The van der Waals surface area contributed by atoms with Crippen molar-refractivity contribution in [3.8, 4) is 0 Å². The van der Waals surface area contributed by atoms with Crippen molar-refractivity contribution in [2.45, 2.75) is 13.1 Å². The maximum Gasteiger partial charge on any atom is 0.335 e. The summed E-state index contributed by atoms with van der Waals surface area (Å²) in [6, 6.07) is 11.3. The predicted octanol–water partition coefficient (Wildman–Crippen LogP) is 3.47. The molecule has 104 valence electrons. The van der Waals surface area contributed by atoms with Crippen LogP contribution in [0.1, 0.15) is 21.5 Å². The molecular formula is C15H13ClFNO2. The molecule has 0 saturated heterocycles. The van der Waals surface area contributed by atoms with E-state index in [1.54, 1.807) is 30.3 Å². The van der Waals surface area contributed by atoms with Crippen LogP contribution in [0.4, 0.5) is 4.39 Å². The molecule has 0 bridgehead atoms. The van der Waals surface area contributed by atoms with Crippen molar-refractivity contribution >= 4 is 17.6 Å². The number of carbonyl (C=O) groups is 1. The summed E-state index contributed by atoms with van der Waals surface area (Å²) in [7, 11) is 0. The van der Waals surface area contributed by atoms with Gasteiger partial charge in [0.2, 0.25) is 0 Å². The van der Waals surface area contributed by atoms with Crippen molar-refractivity contribution in [2.24, 2.45) is 0 Å². The minimum absolute atomic E-state index is 0.0946. The standard InChI is InChI=1S/C15H13ClFNO2/c16-13-7-11(4-5-14(13)17)9-18-8-10-2-1-3-12(6-10)15(19)20/h1-7,18H,8-9H2,(H,19,20). The lowest BCUT2D eigenvalue weighted by molar-refractivity contribution is 0.0696. The van der Waals surface area contributed by atoms with Crippen LogP contribution in [0, 0.1) is 5.82 Å². The van der Waals surface area contributed by atoms with Gasteiger partial charge in [-0.1, -0.05) is 29.8 Å². The Kier molecular flexibility index (Phi) is 4.71. The molecule has 20 heavy (non-hydrogen) atoms. The molecule has 2 aromatic carbocycles. The number of carboxylic acids is 1. The number of rotatable bonds is 5. The maximum absolute atomic E-state index is 13.0. The summed E-state index contributed by atoms with van der Waals surface area (Å²) in [6.45, 7) is 1.05. The van der Waals surface area contributed by atoms with Crippen molar-refractivity contribution in [1.82, 2.24) is 5.32 Å². The molecule has 0 atom stereocenters. The molecule has 0 aliphatic carbocycles. The van der Waals surface area contributed by atoms with E-state index in [4.69, 9.17) is 16.7 Å². The highest BCUT2D eigenvalue weighted by molar-refractivity contribution is 6.30. The average Bonchev–Trinajstić information content (AvgIpc) is 2.43. The average molecular weight is 294 g/mol. The summed E-state index contributed by atoms with van der Waals surface area (Å²) >= 11 is 5.70. The van der Waals surface area contributed by atoms with Crippen molar-refractivity contribution in [2.75, 3.05) is 0 Å². The first kappa shape index (κ1) is 14.5. The zero-order valence-corrected chi connectivity index (χ0v) is 11.3. The topological polar surface area (TPSA) is 49.3 Å². The van der Waals surface area contributed by atoms with Gasteiger partial charge < -0.3 is 10.4 Å². The number of benzene rings is 2. The number of nitrogens with one attached hydrogen (secondary N) is 1. The summed E-state index contributed by atoms with van der Waals surface area (Å²) in [6.07, 6.45) is 0. The van der Waals surface area contributed by atoms with Crippen LogP contribution >= 0.6 is 11.6 Å². The maximum atomic E-state index is 13.0. The molecule has 0 fully saturated rings. The van der Waals surface area contributed by atoms with Crippen LogP contribution < -0.4 is 5.32 Å². The van der Waals surface area contributed by atoms with Gasteiger partial charge in [-0.15, -0.1) is 0 Å². The van der Waals surface area contributed by atoms with Crippen molar-refractivity contribution < 1.29 is 14.3 Å². The van der Waals surface area contributed by atoms with E-state index >= 15 is 0 Å². The van der Waals surface area contributed by atoms with Crippen molar-refractivity contribution in [1.29, 1.82) is 0 Å². The number of aromatic carboxylic acids is 1. The van der Waals surface area contributed by atoms with Gasteiger partial charge in [0, 0.05) is 13.1 Å². The SMILES string of the molecule is O=C(O)c1cccc(CNCc2ccc(F)c(Cl)c2)c1. The molecule has 0 aliphatic heterocycles. The minimum Gasteiger partial charge on any atom is -0.478 e. The second-order valence-electron chi connectivity index (χ2n) is 4.36. The van der Waals surface area contributed by atoms with Gasteiger partial charge in [-0.3, -0.25) is 0 Å². The number of hydrogen-bond donors (Lipinski definition) is 2. The van der Waals surface area contributed by atoms with E-state index in [2.05, 4.69) is 5.32 Å². The molecule has 0 radical (unpaired) electrons. The highest BCUT2D eigenvalue weighted by Crippen LogP contribution is 2.16. The third-order valence-electron chi connectivity index (χ3n) is 2.82. The Morgan fingerprint density at radius 3 is 2.50 bits per heavy atom. The fourth-order valence-corrected chi connectivity index (χ4v) is 2.02. The zero-order valence-electron chi connectivity index (χ0n) is 10.6. The van der Waals surface area contributed by atoms with E-state index < -0.39 is 11.8 Å². The summed E-state index contributed by atoms with van der Waals surface area (Å²) < 4.78 is 13.0. The van der Waals surface area contributed by atoms with Gasteiger partial charge in [-0.2, -0.15) is 0 Å². The highest BCUT2D eigenvalue weighted by atomic mass is 35.5. The second-order valence-corrected chi connectivity index (χ2v) is 4.76. The Labute approximate surface area is 121 Å². The van der Waals surface area contributed by atoms with Gasteiger partial charge in [0.05, 0.1) is 10.6 Å². The minimum atomic E-state index is -0.947. The van der Waals surface area contributed by atoms with Crippen LogP contribution in [0.15, 0.2) is 42.5 Å². The van der Waals surface area contributed by atoms with E-state index in [0.717, 1.165) is 11.1 Å². The van der Waals surface area contributed by atoms with E-state index in [1.165, 1.54) is 6.07 Å². The van der Waals surface area contributed by atoms with E-state index in [9.17, 15) is 9.18 Å². The van der Waals surface area contributed by atoms with Gasteiger partial charge >= 0.3 is 5.97 Å². The molecule has 0 aliphatic rings. The third kappa shape index (κ3) is 3.79. The fourth-order valence-electron chi connectivity index (χ4n) is 1.82. The van der Waals surface area contributed by atoms with E-state index in [1.807, 2.05) is 6.07 Å². The molecule has 0 unspecified atom stereocenters. The van der Waals surface area contributed by atoms with E-state index in [0.29, 0.717) is 13.1 Å². The first-order chi connectivity index (χ1) is 9.56. The van der Waals surface area contributed by atoms with Gasteiger partial charge in [0.25, 0.3) is 0 Å². The second kappa shape index (κ2) is 6.50. The predicted molar refractivity (Wildman–Crippen MR) is 75.4 cm³/mol. The van der Waals surface area contributed by atoms with Gasteiger partial charge in [0.1, 0.15) is 5.82 Å². The molecule has 0 spiro atoms. The molecule has 5 heteroatoms. The van der Waals surface area contributed by atoms with Crippen molar-refractivity contribution in [3.05, 3.63) is 70.0 Å². The quantitative estimate of drug-likeness (QED) is 0.887. The van der Waals surface area contributed by atoms with Crippen LogP contribution in [0.25, 0.3) is 0 Å². The van der Waals surface area contributed by atoms with Crippen molar-refractivity contribution in [3.63, 3.8) is 0 Å². The van der Waals surface area contributed by atoms with Gasteiger partial charge in [-0.05, 0) is 35.4 Å². The Morgan fingerprint density at radius 2 is 1.85 bits per heavy atom. The number of hydrogen-bond acceptors (Lipinski definition) is 2. The molecule has 0 heterocycles. The van der Waals surface area contributed by atoms with Gasteiger partial charge in [0.15, 0.2) is 0 Å². The smallest absolute Gasteiger partial charge is 0.335 e. The zero-order chi connectivity index (χ0) is 14.5. The summed E-state index contributed by atoms with van der Waals surface area (Å²) in [5.41, 5.74) is 2.00. The Hall–Kier alpha value is -1.91. The number of carboxylic acid groups (broad SMARTS) is 1. The monoisotopic (exact) mass is 293 g/mol. The van der Waals surface area contributed by atoms with Crippen LogP contribution in [0.5, 0.6) is 0 Å². The molecule has 0 amide bonds. The lowest BCUT2D eigenvalue weighted by atomic mass is 10.1.